The minimum atomic E-state index is -2.98. The van der Waals surface area contributed by atoms with Crippen LogP contribution in [0.2, 0.25) is 5.04 Å². The molecule has 1 aliphatic rings. The van der Waals surface area contributed by atoms with Crippen LogP contribution >= 0.6 is 0 Å². The minimum Gasteiger partial charge on any atom is -0.424 e. The van der Waals surface area contributed by atoms with E-state index in [9.17, 15) is 4.80 Å². The SMILES string of the molecule is CC(C)(C[C@@H]1C=C[C@H](COCc2ccccc2)NC1)[Si](O)(c1ccccc1)c1ccccc1. The van der Waals surface area contributed by atoms with Gasteiger partial charge in [-0.25, -0.2) is 0 Å². The molecule has 33 heavy (non-hydrogen) atoms. The van der Waals surface area contributed by atoms with E-state index in [2.05, 4.69) is 67.7 Å². The normalized spacial score (nSPS) is 18.9. The number of ether oxygens (including phenoxy) is 1. The molecule has 0 radical (unpaired) electrons. The molecule has 3 nitrogen and oxygen atoms in total. The molecule has 0 bridgehead atoms. The topological polar surface area (TPSA) is 41.5 Å². The van der Waals surface area contributed by atoms with Crippen molar-refractivity contribution in [2.75, 3.05) is 13.2 Å². The summed E-state index contributed by atoms with van der Waals surface area (Å²) in [5.74, 6) is 0.372. The molecule has 0 spiro atoms. The quantitative estimate of drug-likeness (QED) is 0.372. The highest BCUT2D eigenvalue weighted by atomic mass is 28.4. The molecular formula is C29H35NO2Si. The van der Waals surface area contributed by atoms with Crippen LogP contribution in [0.15, 0.2) is 103 Å². The van der Waals surface area contributed by atoms with Gasteiger partial charge in [0, 0.05) is 12.6 Å². The van der Waals surface area contributed by atoms with Crippen LogP contribution in [0.25, 0.3) is 0 Å². The Morgan fingerprint density at radius 1 is 0.848 bits per heavy atom. The second-order valence-electron chi connectivity index (χ2n) is 9.69. The lowest BCUT2D eigenvalue weighted by Gasteiger charge is -2.43. The Morgan fingerprint density at radius 2 is 1.39 bits per heavy atom. The number of rotatable bonds is 9. The smallest absolute Gasteiger partial charge is 0.258 e. The van der Waals surface area contributed by atoms with E-state index in [-0.39, 0.29) is 11.1 Å². The largest absolute Gasteiger partial charge is 0.424 e. The second-order valence-corrected chi connectivity index (χ2v) is 13.6. The Morgan fingerprint density at radius 3 is 1.91 bits per heavy atom. The maximum Gasteiger partial charge on any atom is 0.258 e. The minimum absolute atomic E-state index is 0.229. The number of hydrogen-bond acceptors (Lipinski definition) is 3. The molecule has 0 saturated carbocycles. The van der Waals surface area contributed by atoms with Crippen molar-refractivity contribution in [3.63, 3.8) is 0 Å². The number of nitrogens with one attached hydrogen (secondary N) is 1. The van der Waals surface area contributed by atoms with E-state index in [0.29, 0.717) is 19.1 Å². The molecular weight excluding hydrogens is 422 g/mol. The van der Waals surface area contributed by atoms with Gasteiger partial charge in [-0.1, -0.05) is 117 Å². The van der Waals surface area contributed by atoms with Crippen molar-refractivity contribution in [2.24, 2.45) is 5.92 Å². The third kappa shape index (κ3) is 5.53. The predicted molar refractivity (Wildman–Crippen MR) is 139 cm³/mol. The van der Waals surface area contributed by atoms with Crippen LogP contribution in [0, 0.1) is 5.92 Å². The maximum atomic E-state index is 12.4. The molecule has 2 N–H and O–H groups in total. The van der Waals surface area contributed by atoms with Gasteiger partial charge in [0.15, 0.2) is 0 Å². The summed E-state index contributed by atoms with van der Waals surface area (Å²) in [6.07, 6.45) is 5.47. The van der Waals surface area contributed by atoms with Gasteiger partial charge in [0.25, 0.3) is 8.32 Å². The van der Waals surface area contributed by atoms with Crippen molar-refractivity contribution in [2.45, 2.75) is 38.0 Å². The molecule has 4 heteroatoms. The average Bonchev–Trinajstić information content (AvgIpc) is 2.86. The molecule has 172 valence electrons. The maximum absolute atomic E-state index is 12.4. The van der Waals surface area contributed by atoms with Crippen LogP contribution in [-0.2, 0) is 11.3 Å². The number of hydrogen-bond donors (Lipinski definition) is 2. The molecule has 0 amide bonds. The summed E-state index contributed by atoms with van der Waals surface area (Å²) in [7, 11) is -2.98. The van der Waals surface area contributed by atoms with Crippen molar-refractivity contribution in [1.29, 1.82) is 0 Å². The second kappa shape index (κ2) is 10.6. The zero-order chi connectivity index (χ0) is 23.2. The van der Waals surface area contributed by atoms with Gasteiger partial charge in [0.2, 0.25) is 0 Å². The van der Waals surface area contributed by atoms with Crippen LogP contribution in [0.4, 0.5) is 0 Å². The van der Waals surface area contributed by atoms with E-state index < -0.39 is 8.32 Å². The van der Waals surface area contributed by atoms with E-state index in [0.717, 1.165) is 23.3 Å². The highest BCUT2D eigenvalue weighted by Crippen LogP contribution is 2.42. The first-order valence-electron chi connectivity index (χ1n) is 11.9. The van der Waals surface area contributed by atoms with Gasteiger partial charge in [-0.3, -0.25) is 0 Å². The van der Waals surface area contributed by atoms with Gasteiger partial charge in [0.05, 0.1) is 13.2 Å². The Hall–Kier alpha value is -2.50. The summed E-state index contributed by atoms with van der Waals surface area (Å²) in [5, 5.41) is 5.53. The van der Waals surface area contributed by atoms with E-state index in [4.69, 9.17) is 4.74 Å². The van der Waals surface area contributed by atoms with Crippen LogP contribution in [0.3, 0.4) is 0 Å². The third-order valence-corrected chi connectivity index (χ3v) is 11.3. The first kappa shape index (κ1) is 23.6. The molecule has 2 atom stereocenters. The summed E-state index contributed by atoms with van der Waals surface area (Å²) >= 11 is 0. The van der Waals surface area contributed by atoms with Gasteiger partial charge in [-0.05, 0) is 33.3 Å². The Bertz CT molecular complexity index is 982. The van der Waals surface area contributed by atoms with Crippen molar-refractivity contribution in [1.82, 2.24) is 5.32 Å². The Kier molecular flexibility index (Phi) is 7.61. The average molecular weight is 458 g/mol. The fraction of sp³-hybridized carbons (Fsp3) is 0.310. The van der Waals surface area contributed by atoms with E-state index in [1.807, 2.05) is 54.6 Å². The van der Waals surface area contributed by atoms with Gasteiger partial charge in [0.1, 0.15) is 0 Å². The lowest BCUT2D eigenvalue weighted by atomic mass is 9.92. The summed E-state index contributed by atoms with van der Waals surface area (Å²) < 4.78 is 5.92. The Labute approximate surface area is 199 Å². The molecule has 0 unspecified atom stereocenters. The van der Waals surface area contributed by atoms with Gasteiger partial charge in [-0.15, -0.1) is 0 Å². The Balaban J connectivity index is 1.43. The highest BCUT2D eigenvalue weighted by molar-refractivity contribution is 6.98. The van der Waals surface area contributed by atoms with Gasteiger partial charge < -0.3 is 14.8 Å². The van der Waals surface area contributed by atoms with Crippen LogP contribution in [0.1, 0.15) is 25.8 Å². The summed E-state index contributed by atoms with van der Waals surface area (Å²) in [4.78, 5) is 12.4. The summed E-state index contributed by atoms with van der Waals surface area (Å²) in [5.41, 5.74) is 1.20. The highest BCUT2D eigenvalue weighted by Gasteiger charge is 2.50. The third-order valence-electron chi connectivity index (χ3n) is 6.80. The monoisotopic (exact) mass is 457 g/mol. The standard InChI is InChI=1S/C29H35NO2Si/c1-29(2,33(31,27-14-8-4-9-15-27)28-16-10-5-11-17-28)20-25-18-19-26(30-21-25)23-32-22-24-12-6-3-7-13-24/h3-19,25-26,30-31H,20-23H2,1-2H3/t25-,26+/m0/s1. The lowest BCUT2D eigenvalue weighted by Crippen LogP contribution is -2.65. The molecule has 1 aliphatic heterocycles. The zero-order valence-corrected chi connectivity index (χ0v) is 20.7. The number of benzene rings is 3. The van der Waals surface area contributed by atoms with Crippen molar-refractivity contribution in [3.8, 4) is 0 Å². The van der Waals surface area contributed by atoms with Gasteiger partial charge in [-0.2, -0.15) is 0 Å². The fourth-order valence-electron chi connectivity index (χ4n) is 4.97. The molecule has 0 aliphatic carbocycles. The van der Waals surface area contributed by atoms with Crippen LogP contribution in [0.5, 0.6) is 0 Å². The van der Waals surface area contributed by atoms with Crippen LogP contribution < -0.4 is 15.7 Å². The van der Waals surface area contributed by atoms with Gasteiger partial charge >= 0.3 is 0 Å². The van der Waals surface area contributed by atoms with E-state index in [1.165, 1.54) is 5.56 Å². The molecule has 3 aromatic rings. The molecule has 0 fully saturated rings. The first-order chi connectivity index (χ1) is 16.0. The van der Waals surface area contributed by atoms with E-state index in [1.54, 1.807) is 0 Å². The van der Waals surface area contributed by atoms with Crippen molar-refractivity contribution >= 4 is 18.7 Å². The summed E-state index contributed by atoms with van der Waals surface area (Å²) in [6, 6.07) is 31.1. The zero-order valence-electron chi connectivity index (χ0n) is 19.7. The fourth-order valence-corrected chi connectivity index (χ4v) is 8.78. The van der Waals surface area contributed by atoms with Crippen LogP contribution in [-0.4, -0.2) is 32.3 Å². The molecule has 0 saturated heterocycles. The molecule has 1 heterocycles. The lowest BCUT2D eigenvalue weighted by molar-refractivity contribution is 0.106. The molecule has 4 rings (SSSR count). The first-order valence-corrected chi connectivity index (χ1v) is 13.8. The van der Waals surface area contributed by atoms with Crippen molar-refractivity contribution < 1.29 is 9.53 Å². The predicted octanol–water partition coefficient (Wildman–Crippen LogP) is 4.27. The van der Waals surface area contributed by atoms with Crippen molar-refractivity contribution in [3.05, 3.63) is 109 Å². The summed E-state index contributed by atoms with van der Waals surface area (Å²) in [6.45, 7) is 6.67. The van der Waals surface area contributed by atoms with E-state index >= 15 is 0 Å². The molecule has 0 aromatic heterocycles. The molecule has 3 aromatic carbocycles.